The maximum atomic E-state index is 12.5. The molecule has 0 atom stereocenters. The molecule has 0 bridgehead atoms. The van der Waals surface area contributed by atoms with Gasteiger partial charge in [-0.15, -0.1) is 0 Å². The lowest BCUT2D eigenvalue weighted by Crippen LogP contribution is -2.33. The van der Waals surface area contributed by atoms with Gasteiger partial charge in [-0.05, 0) is 67.8 Å². The monoisotopic (exact) mass is 442 g/mol. The number of hydrogen-bond acceptors (Lipinski definition) is 4. The van der Waals surface area contributed by atoms with Crippen LogP contribution in [-0.4, -0.2) is 27.7 Å². The summed E-state index contributed by atoms with van der Waals surface area (Å²) in [4.78, 5) is 29.4. The first kappa shape index (κ1) is 22.1. The Morgan fingerprint density at radius 1 is 1.00 bits per heavy atom. The molecule has 0 unspecified atom stereocenters. The van der Waals surface area contributed by atoms with Gasteiger partial charge in [0.25, 0.3) is 5.91 Å². The summed E-state index contributed by atoms with van der Waals surface area (Å²) in [7, 11) is 0. The molecule has 4 aromatic rings. The molecule has 2 heterocycles. The van der Waals surface area contributed by atoms with E-state index in [1.54, 1.807) is 24.3 Å². The van der Waals surface area contributed by atoms with E-state index in [4.69, 9.17) is 4.74 Å². The number of aromatic nitrogens is 2. The first-order valence-electron chi connectivity index (χ1n) is 10.7. The van der Waals surface area contributed by atoms with Gasteiger partial charge in [-0.3, -0.25) is 9.59 Å². The fraction of sp³-hybridized carbons (Fsp3) is 0.192. The smallest absolute Gasteiger partial charge is 0.251 e. The zero-order valence-electron chi connectivity index (χ0n) is 18.9. The van der Waals surface area contributed by atoms with Gasteiger partial charge in [-0.25, -0.2) is 4.98 Å². The van der Waals surface area contributed by atoms with Crippen LogP contribution in [0.5, 0.6) is 5.75 Å². The minimum Gasteiger partial charge on any atom is -0.487 e. The van der Waals surface area contributed by atoms with E-state index < -0.39 is 0 Å². The second kappa shape index (κ2) is 9.56. The van der Waals surface area contributed by atoms with Crippen molar-refractivity contribution in [2.24, 2.45) is 0 Å². The Bertz CT molecular complexity index is 1330. The van der Waals surface area contributed by atoms with Crippen molar-refractivity contribution < 1.29 is 14.3 Å². The van der Waals surface area contributed by atoms with Crippen LogP contribution in [0.4, 0.5) is 5.69 Å². The fourth-order valence-corrected chi connectivity index (χ4v) is 3.50. The molecule has 0 saturated carbocycles. The van der Waals surface area contributed by atoms with Crippen molar-refractivity contribution in [2.75, 3.05) is 11.9 Å². The number of nitrogens with one attached hydrogen (secondary N) is 2. The van der Waals surface area contributed by atoms with Crippen molar-refractivity contribution in [2.45, 2.75) is 27.4 Å². The second-order valence-electron chi connectivity index (χ2n) is 7.95. The third-order valence-electron chi connectivity index (χ3n) is 5.50. The quantitative estimate of drug-likeness (QED) is 0.449. The Morgan fingerprint density at radius 2 is 1.79 bits per heavy atom. The first-order chi connectivity index (χ1) is 15.9. The predicted octanol–water partition coefficient (Wildman–Crippen LogP) is 4.21. The van der Waals surface area contributed by atoms with Gasteiger partial charge < -0.3 is 19.8 Å². The van der Waals surface area contributed by atoms with E-state index in [-0.39, 0.29) is 25.0 Å². The van der Waals surface area contributed by atoms with Gasteiger partial charge in [-0.1, -0.05) is 24.3 Å². The molecule has 0 radical (unpaired) electrons. The number of aryl methyl sites for hydroxylation is 2. The molecule has 33 heavy (non-hydrogen) atoms. The molecule has 0 spiro atoms. The molecule has 0 aliphatic rings. The average Bonchev–Trinajstić information content (AvgIpc) is 3.24. The number of fused-ring (bicyclic) bond motifs is 1. The van der Waals surface area contributed by atoms with Crippen molar-refractivity contribution in [1.82, 2.24) is 14.7 Å². The van der Waals surface area contributed by atoms with E-state index in [1.165, 1.54) is 0 Å². The largest absolute Gasteiger partial charge is 0.487 e. The minimum atomic E-state index is -0.347. The number of benzene rings is 2. The summed E-state index contributed by atoms with van der Waals surface area (Å²) in [5.74, 6) is -0.0808. The van der Waals surface area contributed by atoms with Crippen LogP contribution in [0, 0.1) is 20.8 Å². The Morgan fingerprint density at radius 3 is 2.61 bits per heavy atom. The Balaban J connectivity index is 1.33. The van der Waals surface area contributed by atoms with E-state index >= 15 is 0 Å². The molecule has 0 saturated heterocycles. The lowest BCUT2D eigenvalue weighted by Gasteiger charge is -2.11. The number of rotatable bonds is 7. The van der Waals surface area contributed by atoms with Crippen molar-refractivity contribution in [3.8, 4) is 5.75 Å². The summed E-state index contributed by atoms with van der Waals surface area (Å²) >= 11 is 0. The molecule has 0 aliphatic heterocycles. The summed E-state index contributed by atoms with van der Waals surface area (Å²) < 4.78 is 7.81. The van der Waals surface area contributed by atoms with Gasteiger partial charge in [0, 0.05) is 23.6 Å². The van der Waals surface area contributed by atoms with E-state index in [9.17, 15) is 9.59 Å². The minimum absolute atomic E-state index is 0.127. The number of imidazole rings is 1. The molecule has 2 aromatic heterocycles. The van der Waals surface area contributed by atoms with Crippen molar-refractivity contribution in [3.05, 3.63) is 94.9 Å². The van der Waals surface area contributed by atoms with Gasteiger partial charge in [0.05, 0.1) is 12.2 Å². The third kappa shape index (κ3) is 5.20. The van der Waals surface area contributed by atoms with Crippen LogP contribution < -0.4 is 15.4 Å². The lowest BCUT2D eigenvalue weighted by molar-refractivity contribution is -0.115. The van der Waals surface area contributed by atoms with Crippen molar-refractivity contribution in [1.29, 1.82) is 0 Å². The highest BCUT2D eigenvalue weighted by Gasteiger charge is 2.11. The molecule has 0 fully saturated rings. The maximum absolute atomic E-state index is 12.5. The van der Waals surface area contributed by atoms with Gasteiger partial charge in [0.15, 0.2) is 0 Å². The predicted molar refractivity (Wildman–Crippen MR) is 128 cm³/mol. The molecule has 7 nitrogen and oxygen atoms in total. The van der Waals surface area contributed by atoms with Crippen LogP contribution in [0.1, 0.15) is 32.7 Å². The summed E-state index contributed by atoms with van der Waals surface area (Å²) in [6, 6.07) is 16.5. The summed E-state index contributed by atoms with van der Waals surface area (Å²) in [5, 5.41) is 5.49. The standard InChI is InChI=1S/C26H26N4O3/c1-17-7-4-11-23(19(17)3)29-24(31)14-27-26(32)20-9-5-10-22(13-20)33-16-21-15-30-12-6-8-18(2)25(30)28-21/h4-13,15H,14,16H2,1-3H3,(H,27,32)(H,29,31). The molecule has 168 valence electrons. The van der Waals surface area contributed by atoms with E-state index in [2.05, 4.69) is 15.6 Å². The fourth-order valence-electron chi connectivity index (χ4n) is 3.50. The van der Waals surface area contributed by atoms with Crippen molar-refractivity contribution >= 4 is 23.1 Å². The molecule has 2 N–H and O–H groups in total. The number of anilines is 1. The zero-order chi connectivity index (χ0) is 23.4. The molecular formula is C26H26N4O3. The third-order valence-corrected chi connectivity index (χ3v) is 5.50. The number of hydrogen-bond donors (Lipinski definition) is 2. The Labute approximate surface area is 192 Å². The highest BCUT2D eigenvalue weighted by atomic mass is 16.5. The van der Waals surface area contributed by atoms with Crippen LogP contribution >= 0.6 is 0 Å². The van der Waals surface area contributed by atoms with E-state index in [0.29, 0.717) is 11.3 Å². The number of carbonyl (C=O) groups excluding carboxylic acids is 2. The normalized spacial score (nSPS) is 10.8. The molecule has 2 aromatic carbocycles. The topological polar surface area (TPSA) is 84.7 Å². The Kier molecular flexibility index (Phi) is 6.40. The van der Waals surface area contributed by atoms with Gasteiger partial charge in [0.2, 0.25) is 5.91 Å². The molecule has 0 aliphatic carbocycles. The SMILES string of the molecule is Cc1cccc(NC(=O)CNC(=O)c2cccc(OCc3cn4cccc(C)c4n3)c2)c1C. The van der Waals surface area contributed by atoms with Crippen LogP contribution in [0.3, 0.4) is 0 Å². The number of pyridine rings is 1. The Hall–Kier alpha value is -4.13. The van der Waals surface area contributed by atoms with Crippen LogP contribution in [-0.2, 0) is 11.4 Å². The highest BCUT2D eigenvalue weighted by molar-refractivity contribution is 5.99. The average molecular weight is 443 g/mol. The first-order valence-corrected chi connectivity index (χ1v) is 10.7. The van der Waals surface area contributed by atoms with Crippen LogP contribution in [0.2, 0.25) is 0 Å². The van der Waals surface area contributed by atoms with Gasteiger partial charge >= 0.3 is 0 Å². The molecule has 7 heteroatoms. The highest BCUT2D eigenvalue weighted by Crippen LogP contribution is 2.18. The number of amides is 2. The lowest BCUT2D eigenvalue weighted by atomic mass is 10.1. The number of carbonyl (C=O) groups is 2. The summed E-state index contributed by atoms with van der Waals surface area (Å²) in [5.41, 5.74) is 6.02. The van der Waals surface area contributed by atoms with Crippen molar-refractivity contribution in [3.63, 3.8) is 0 Å². The molecule has 4 rings (SSSR count). The molecule has 2 amide bonds. The number of nitrogens with zero attached hydrogens (tertiary/aromatic N) is 2. The number of ether oxygens (including phenoxy) is 1. The molecular weight excluding hydrogens is 416 g/mol. The maximum Gasteiger partial charge on any atom is 0.251 e. The summed E-state index contributed by atoms with van der Waals surface area (Å²) in [6.45, 7) is 6.10. The van der Waals surface area contributed by atoms with Crippen LogP contribution in [0.25, 0.3) is 5.65 Å². The van der Waals surface area contributed by atoms with E-state index in [1.807, 2.05) is 67.9 Å². The summed E-state index contributed by atoms with van der Waals surface area (Å²) in [6.07, 6.45) is 3.87. The van der Waals surface area contributed by atoms with Crippen LogP contribution in [0.15, 0.2) is 67.0 Å². The van der Waals surface area contributed by atoms with Gasteiger partial charge in [0.1, 0.15) is 18.0 Å². The zero-order valence-corrected chi connectivity index (χ0v) is 18.9. The van der Waals surface area contributed by atoms with E-state index in [0.717, 1.165) is 33.7 Å². The van der Waals surface area contributed by atoms with Gasteiger partial charge in [-0.2, -0.15) is 0 Å². The second-order valence-corrected chi connectivity index (χ2v) is 7.95.